The fourth-order valence-corrected chi connectivity index (χ4v) is 5.10. The van der Waals surface area contributed by atoms with E-state index >= 15 is 0 Å². The van der Waals surface area contributed by atoms with Crippen LogP contribution in [0.5, 0.6) is 5.75 Å². The second-order valence-corrected chi connectivity index (χ2v) is 10.2. The Morgan fingerprint density at radius 3 is 2.71 bits per heavy atom. The maximum atomic E-state index is 13.5. The molecule has 6 atom stereocenters. The van der Waals surface area contributed by atoms with Crippen molar-refractivity contribution in [3.8, 4) is 5.75 Å². The van der Waals surface area contributed by atoms with Crippen molar-refractivity contribution in [3.05, 3.63) is 53.1 Å². The number of alkyl halides is 1. The molecule has 2 heterocycles. The first-order chi connectivity index (χ1) is 16.0. The van der Waals surface area contributed by atoms with Crippen LogP contribution in [0, 0.1) is 0 Å². The van der Waals surface area contributed by atoms with Crippen LogP contribution in [0.4, 0.5) is 5.82 Å². The normalized spacial score (nSPS) is 27.0. The fraction of sp³-hybridized carbons (Fsp3) is 0.450. The number of nitrogen functional groups attached to an aromatic ring is 1. The van der Waals surface area contributed by atoms with Gasteiger partial charge >= 0.3 is 19.4 Å². The monoisotopic (exact) mass is 516 g/mol. The summed E-state index contributed by atoms with van der Waals surface area (Å²) in [6.45, 7) is 2.44. The van der Waals surface area contributed by atoms with Crippen LogP contribution < -0.4 is 21.0 Å². The summed E-state index contributed by atoms with van der Waals surface area (Å²) in [5.41, 5.74) is 4.80. The summed E-state index contributed by atoms with van der Waals surface area (Å²) in [5.74, 6) is -0.468. The molecule has 1 saturated heterocycles. The summed E-state index contributed by atoms with van der Waals surface area (Å²) in [4.78, 5) is 26.3. The molecular formula is C20H26ClN4O8P. The first kappa shape index (κ1) is 26.1. The van der Waals surface area contributed by atoms with Gasteiger partial charge in [0.2, 0.25) is 0 Å². The molecule has 34 heavy (non-hydrogen) atoms. The Labute approximate surface area is 200 Å². The van der Waals surface area contributed by atoms with Gasteiger partial charge < -0.3 is 24.8 Å². The summed E-state index contributed by atoms with van der Waals surface area (Å²) >= 11 is 6.52. The molecule has 2 aromatic rings. The van der Waals surface area contributed by atoms with E-state index in [2.05, 4.69) is 14.8 Å². The number of ether oxygens (including phenoxy) is 2. The summed E-state index contributed by atoms with van der Waals surface area (Å²) < 4.78 is 36.1. The fourth-order valence-electron chi connectivity index (χ4n) is 3.30. The molecule has 12 nitrogen and oxygen atoms in total. The molecule has 186 valence electrons. The number of benzene rings is 1. The summed E-state index contributed by atoms with van der Waals surface area (Å²) in [6.07, 6.45) is -2.24. The van der Waals surface area contributed by atoms with E-state index in [0.717, 1.165) is 4.57 Å². The van der Waals surface area contributed by atoms with Crippen molar-refractivity contribution >= 4 is 31.1 Å². The third kappa shape index (κ3) is 5.77. The second-order valence-electron chi connectivity index (χ2n) is 7.74. The molecule has 1 aliphatic heterocycles. The van der Waals surface area contributed by atoms with Gasteiger partial charge in [0.25, 0.3) is 0 Å². The zero-order valence-corrected chi connectivity index (χ0v) is 20.3. The number of methoxy groups -OCH3 is 1. The Kier molecular flexibility index (Phi) is 8.02. The van der Waals surface area contributed by atoms with Crippen LogP contribution in [0.25, 0.3) is 0 Å². The average molecular weight is 517 g/mol. The lowest BCUT2D eigenvalue weighted by atomic mass is 10.0. The van der Waals surface area contributed by atoms with Crippen LogP contribution in [-0.2, 0) is 23.4 Å². The van der Waals surface area contributed by atoms with Gasteiger partial charge in [-0.3, -0.25) is 13.9 Å². The highest BCUT2D eigenvalue weighted by Crippen LogP contribution is 2.48. The van der Waals surface area contributed by atoms with Gasteiger partial charge in [0.15, 0.2) is 6.23 Å². The van der Waals surface area contributed by atoms with Gasteiger partial charge in [-0.15, -0.1) is 11.6 Å². The minimum atomic E-state index is -4.18. The molecule has 6 unspecified atom stereocenters. The lowest BCUT2D eigenvalue weighted by molar-refractivity contribution is -0.142. The zero-order valence-electron chi connectivity index (χ0n) is 18.7. The molecule has 1 aliphatic rings. The molecule has 0 bridgehead atoms. The van der Waals surface area contributed by atoms with Crippen molar-refractivity contribution < 1.29 is 33.0 Å². The number of anilines is 1. The number of aromatic nitrogens is 2. The minimum absolute atomic E-state index is 0.0146. The predicted molar refractivity (Wildman–Crippen MR) is 122 cm³/mol. The van der Waals surface area contributed by atoms with Gasteiger partial charge in [-0.25, -0.2) is 9.36 Å². The van der Waals surface area contributed by atoms with E-state index in [-0.39, 0.29) is 11.6 Å². The number of carbonyl (C=O) groups is 1. The highest BCUT2D eigenvalue weighted by atomic mass is 35.5. The van der Waals surface area contributed by atoms with E-state index in [1.807, 2.05) is 0 Å². The van der Waals surface area contributed by atoms with Crippen molar-refractivity contribution in [3.63, 3.8) is 0 Å². The van der Waals surface area contributed by atoms with Crippen molar-refractivity contribution in [1.29, 1.82) is 0 Å². The van der Waals surface area contributed by atoms with Crippen molar-refractivity contribution in [2.45, 2.75) is 43.2 Å². The topological polar surface area (TPSA) is 164 Å². The van der Waals surface area contributed by atoms with Gasteiger partial charge in [0.05, 0.1) is 13.7 Å². The summed E-state index contributed by atoms with van der Waals surface area (Å²) in [5, 5.41) is 13.3. The number of esters is 1. The SMILES string of the molecule is COC(=O)C(C)NP(=O)(OCC1OC(n2ccc(N)nc2=O)C(C)(Cl)C1O)Oc1ccccc1. The number of hydrogen-bond donors (Lipinski definition) is 3. The van der Waals surface area contributed by atoms with Crippen LogP contribution in [-0.4, -0.2) is 57.5 Å². The Morgan fingerprint density at radius 1 is 1.41 bits per heavy atom. The molecule has 0 radical (unpaired) electrons. The zero-order chi connectivity index (χ0) is 25.1. The number of halogens is 1. The van der Waals surface area contributed by atoms with E-state index in [9.17, 15) is 19.3 Å². The summed E-state index contributed by atoms with van der Waals surface area (Å²) in [6, 6.07) is 8.50. The number of hydrogen-bond acceptors (Lipinski definition) is 10. The number of nitrogens with two attached hydrogens (primary N) is 1. The van der Waals surface area contributed by atoms with Crippen LogP contribution in [0.3, 0.4) is 0 Å². The molecule has 14 heteroatoms. The van der Waals surface area contributed by atoms with Gasteiger partial charge in [-0.2, -0.15) is 10.1 Å². The van der Waals surface area contributed by atoms with Gasteiger partial charge in [0, 0.05) is 6.20 Å². The van der Waals surface area contributed by atoms with Gasteiger partial charge in [-0.05, 0) is 32.0 Å². The largest absolute Gasteiger partial charge is 0.468 e. The number of rotatable bonds is 9. The third-order valence-electron chi connectivity index (χ3n) is 5.11. The van der Waals surface area contributed by atoms with Crippen LogP contribution in [0.1, 0.15) is 20.1 Å². The molecule has 1 fully saturated rings. The molecule has 0 amide bonds. The predicted octanol–water partition coefficient (Wildman–Crippen LogP) is 1.44. The van der Waals surface area contributed by atoms with E-state index in [1.165, 1.54) is 33.2 Å². The Hall–Kier alpha value is -2.47. The molecule has 4 N–H and O–H groups in total. The molecule has 1 aromatic heterocycles. The van der Waals surface area contributed by atoms with Gasteiger partial charge in [-0.1, -0.05) is 18.2 Å². The van der Waals surface area contributed by atoms with E-state index < -0.39 is 55.4 Å². The van der Waals surface area contributed by atoms with Crippen molar-refractivity contribution in [1.82, 2.24) is 14.6 Å². The third-order valence-corrected chi connectivity index (χ3v) is 7.16. The number of aliphatic hydroxyl groups excluding tert-OH is 1. The van der Waals surface area contributed by atoms with Crippen molar-refractivity contribution in [2.75, 3.05) is 19.5 Å². The lowest BCUT2D eigenvalue weighted by Gasteiger charge is -2.26. The first-order valence-corrected chi connectivity index (χ1v) is 12.1. The molecule has 0 spiro atoms. The first-order valence-electron chi connectivity index (χ1n) is 10.2. The van der Waals surface area contributed by atoms with Gasteiger partial charge in [0.1, 0.15) is 34.7 Å². The highest BCUT2D eigenvalue weighted by Gasteiger charge is 2.54. The standard InChI is InChI=1S/C20H26ClN4O8P/c1-12(17(27)30-3)24-34(29,33-13-7-5-4-6-8-13)31-11-14-16(26)20(2,21)18(32-14)25-10-9-15(22)23-19(25)28/h4-10,12,14,16,18,26H,11H2,1-3H3,(H,24,29)(H2,22,23,28). The smallest absolute Gasteiger partial charge is 0.459 e. The number of nitrogens with zero attached hydrogens (tertiary/aromatic N) is 2. The number of carbonyl (C=O) groups excluding carboxylic acids is 1. The lowest BCUT2D eigenvalue weighted by Crippen LogP contribution is -2.42. The number of para-hydroxylation sites is 1. The molecule has 1 aromatic carbocycles. The Morgan fingerprint density at radius 2 is 2.09 bits per heavy atom. The Balaban J connectivity index is 1.80. The average Bonchev–Trinajstić information content (AvgIpc) is 3.01. The van der Waals surface area contributed by atoms with Crippen LogP contribution >= 0.6 is 19.3 Å². The minimum Gasteiger partial charge on any atom is -0.468 e. The van der Waals surface area contributed by atoms with E-state index in [1.54, 1.807) is 30.3 Å². The quantitative estimate of drug-likeness (QED) is 0.251. The van der Waals surface area contributed by atoms with Crippen molar-refractivity contribution in [2.24, 2.45) is 0 Å². The molecule has 0 aliphatic carbocycles. The van der Waals surface area contributed by atoms with E-state index in [4.69, 9.17) is 31.1 Å². The highest BCUT2D eigenvalue weighted by molar-refractivity contribution is 7.52. The molecule has 3 rings (SSSR count). The maximum Gasteiger partial charge on any atom is 0.459 e. The number of nitrogens with one attached hydrogen (secondary N) is 1. The van der Waals surface area contributed by atoms with Crippen LogP contribution in [0.15, 0.2) is 47.4 Å². The summed E-state index contributed by atoms with van der Waals surface area (Å²) in [7, 11) is -2.99. The number of aliphatic hydroxyl groups is 1. The van der Waals surface area contributed by atoms with E-state index in [0.29, 0.717) is 0 Å². The maximum absolute atomic E-state index is 13.5. The van der Waals surface area contributed by atoms with Crippen LogP contribution in [0.2, 0.25) is 0 Å². The Bertz CT molecular complexity index is 1120. The molecular weight excluding hydrogens is 491 g/mol. The second kappa shape index (κ2) is 10.4. The molecule has 0 saturated carbocycles.